The first-order valence-corrected chi connectivity index (χ1v) is 10.5. The molecule has 5 heteroatoms. The molecule has 27 heavy (non-hydrogen) atoms. The Hall–Kier alpha value is -1.19. The van der Waals surface area contributed by atoms with Crippen LogP contribution in [0.5, 0.6) is 5.75 Å². The second-order valence-electron chi connectivity index (χ2n) is 6.78. The van der Waals surface area contributed by atoms with Crippen LogP contribution in [0.25, 0.3) is 0 Å². The topological polar surface area (TPSA) is 21.3 Å². The molecule has 0 aromatic heterocycles. The predicted octanol–water partition coefficient (Wildman–Crippen LogP) is 7.21. The third-order valence-electron chi connectivity index (χ3n) is 4.78. The molecule has 0 saturated heterocycles. The highest BCUT2D eigenvalue weighted by Gasteiger charge is 2.10. The Morgan fingerprint density at radius 3 is 2.56 bits per heavy atom. The van der Waals surface area contributed by atoms with Gasteiger partial charge in [0.05, 0.1) is 0 Å². The van der Waals surface area contributed by atoms with E-state index in [9.17, 15) is 0 Å². The third kappa shape index (κ3) is 6.15. The highest BCUT2D eigenvalue weighted by Crippen LogP contribution is 2.28. The van der Waals surface area contributed by atoms with Gasteiger partial charge >= 0.3 is 0 Å². The molecule has 0 fully saturated rings. The van der Waals surface area contributed by atoms with Crippen molar-refractivity contribution in [2.45, 2.75) is 45.3 Å². The maximum Gasteiger partial charge on any atom is 0.124 e. The van der Waals surface area contributed by atoms with E-state index in [0.717, 1.165) is 29.8 Å². The smallest absolute Gasteiger partial charge is 0.124 e. The first kappa shape index (κ1) is 20.5. The predicted molar refractivity (Wildman–Crippen MR) is 115 cm³/mol. The first-order valence-electron chi connectivity index (χ1n) is 9.36. The van der Waals surface area contributed by atoms with Crippen LogP contribution in [0.15, 0.2) is 48.0 Å². The van der Waals surface area contributed by atoms with Crippen LogP contribution in [0.1, 0.15) is 43.2 Å². The standard InChI is InChI=1S/C22H24Cl3NO/c23-18-9-10-22(27-15-19-20(24)7-4-8-21(19)25)17(13-18)14-26-12-11-16-5-2-1-3-6-16/h4-5,7-10,13,26H,1-3,6,11-12,14-15H2. The maximum atomic E-state index is 6.23. The number of allylic oxidation sites excluding steroid dienone is 1. The Labute approximate surface area is 176 Å². The molecule has 0 spiro atoms. The zero-order chi connectivity index (χ0) is 19.1. The summed E-state index contributed by atoms with van der Waals surface area (Å²) < 4.78 is 6.01. The number of hydrogen-bond donors (Lipinski definition) is 1. The molecule has 0 radical (unpaired) electrons. The fraction of sp³-hybridized carbons (Fsp3) is 0.364. The van der Waals surface area contributed by atoms with Gasteiger partial charge in [0, 0.05) is 32.7 Å². The molecule has 0 amide bonds. The van der Waals surface area contributed by atoms with Gasteiger partial charge in [0.15, 0.2) is 0 Å². The highest BCUT2D eigenvalue weighted by atomic mass is 35.5. The summed E-state index contributed by atoms with van der Waals surface area (Å²) in [5.74, 6) is 0.791. The quantitative estimate of drug-likeness (QED) is 0.357. The van der Waals surface area contributed by atoms with Crippen molar-refractivity contribution >= 4 is 34.8 Å². The van der Waals surface area contributed by atoms with Gasteiger partial charge in [-0.2, -0.15) is 0 Å². The first-order chi connectivity index (χ1) is 13.1. The molecule has 1 aliphatic rings. The minimum absolute atomic E-state index is 0.319. The van der Waals surface area contributed by atoms with E-state index in [4.69, 9.17) is 39.5 Å². The van der Waals surface area contributed by atoms with Gasteiger partial charge in [-0.05, 0) is 69.0 Å². The van der Waals surface area contributed by atoms with E-state index in [1.807, 2.05) is 36.4 Å². The van der Waals surface area contributed by atoms with E-state index < -0.39 is 0 Å². The van der Waals surface area contributed by atoms with Crippen molar-refractivity contribution in [3.63, 3.8) is 0 Å². The lowest BCUT2D eigenvalue weighted by Gasteiger charge is -2.15. The molecular formula is C22H24Cl3NO. The second-order valence-corrected chi connectivity index (χ2v) is 8.03. The second kappa shape index (κ2) is 10.4. The van der Waals surface area contributed by atoms with Crippen LogP contribution in [-0.2, 0) is 13.2 Å². The summed E-state index contributed by atoms with van der Waals surface area (Å²) in [6.45, 7) is 1.98. The lowest BCUT2D eigenvalue weighted by atomic mass is 9.97. The molecule has 0 atom stereocenters. The molecular weight excluding hydrogens is 401 g/mol. The fourth-order valence-electron chi connectivity index (χ4n) is 3.25. The molecule has 0 unspecified atom stereocenters. The lowest BCUT2D eigenvalue weighted by molar-refractivity contribution is 0.302. The van der Waals surface area contributed by atoms with Crippen LogP contribution in [0.2, 0.25) is 15.1 Å². The highest BCUT2D eigenvalue weighted by molar-refractivity contribution is 6.36. The lowest BCUT2D eigenvalue weighted by Crippen LogP contribution is -2.16. The zero-order valence-corrected chi connectivity index (χ0v) is 17.5. The fourth-order valence-corrected chi connectivity index (χ4v) is 3.95. The van der Waals surface area contributed by atoms with Crippen molar-refractivity contribution < 1.29 is 4.74 Å². The summed E-state index contributed by atoms with van der Waals surface area (Å²) in [7, 11) is 0. The monoisotopic (exact) mass is 423 g/mol. The molecule has 1 aliphatic carbocycles. The zero-order valence-electron chi connectivity index (χ0n) is 15.2. The molecule has 0 aliphatic heterocycles. The van der Waals surface area contributed by atoms with Crippen LogP contribution < -0.4 is 10.1 Å². The van der Waals surface area contributed by atoms with Crippen LogP contribution in [0, 0.1) is 0 Å². The van der Waals surface area contributed by atoms with Gasteiger partial charge in [-0.3, -0.25) is 0 Å². The Morgan fingerprint density at radius 2 is 1.81 bits per heavy atom. The summed E-state index contributed by atoms with van der Waals surface area (Å²) in [5, 5.41) is 5.42. The van der Waals surface area contributed by atoms with Crippen molar-refractivity contribution in [2.75, 3.05) is 6.54 Å². The van der Waals surface area contributed by atoms with E-state index in [1.165, 1.54) is 25.7 Å². The number of rotatable bonds is 8. The van der Waals surface area contributed by atoms with E-state index in [0.29, 0.717) is 28.2 Å². The Bertz CT molecular complexity index is 784. The van der Waals surface area contributed by atoms with Crippen LogP contribution in [0.4, 0.5) is 0 Å². The minimum atomic E-state index is 0.319. The van der Waals surface area contributed by atoms with Crippen molar-refractivity contribution in [1.82, 2.24) is 5.32 Å². The molecule has 1 N–H and O–H groups in total. The SMILES string of the molecule is Clc1ccc(OCc2c(Cl)cccc2Cl)c(CNCCC2=CCCCC2)c1. The summed E-state index contributed by atoms with van der Waals surface area (Å²) in [6.07, 6.45) is 8.62. The van der Waals surface area contributed by atoms with E-state index in [2.05, 4.69) is 11.4 Å². The average molecular weight is 425 g/mol. The molecule has 144 valence electrons. The van der Waals surface area contributed by atoms with Gasteiger partial charge in [-0.15, -0.1) is 0 Å². The number of ether oxygens (including phenoxy) is 1. The van der Waals surface area contributed by atoms with Crippen LogP contribution in [-0.4, -0.2) is 6.54 Å². The number of benzene rings is 2. The van der Waals surface area contributed by atoms with Gasteiger partial charge in [-0.25, -0.2) is 0 Å². The third-order valence-corrected chi connectivity index (χ3v) is 5.72. The summed E-state index contributed by atoms with van der Waals surface area (Å²) in [4.78, 5) is 0. The van der Waals surface area contributed by atoms with Crippen molar-refractivity contribution in [3.05, 3.63) is 74.2 Å². The molecule has 2 aromatic rings. The maximum absolute atomic E-state index is 6.23. The number of nitrogens with one attached hydrogen (secondary N) is 1. The van der Waals surface area contributed by atoms with Crippen molar-refractivity contribution in [1.29, 1.82) is 0 Å². The van der Waals surface area contributed by atoms with Crippen LogP contribution in [0.3, 0.4) is 0 Å². The Balaban J connectivity index is 1.58. The van der Waals surface area contributed by atoms with Gasteiger partial charge in [0.1, 0.15) is 12.4 Å². The van der Waals surface area contributed by atoms with Crippen molar-refractivity contribution in [3.8, 4) is 5.75 Å². The minimum Gasteiger partial charge on any atom is -0.488 e. The van der Waals surface area contributed by atoms with Gasteiger partial charge in [0.2, 0.25) is 0 Å². The van der Waals surface area contributed by atoms with Gasteiger partial charge in [-0.1, -0.05) is 52.5 Å². The molecule has 0 bridgehead atoms. The largest absolute Gasteiger partial charge is 0.488 e. The van der Waals surface area contributed by atoms with Gasteiger partial charge in [0.25, 0.3) is 0 Å². The number of hydrogen-bond acceptors (Lipinski definition) is 2. The van der Waals surface area contributed by atoms with E-state index in [1.54, 1.807) is 5.57 Å². The van der Waals surface area contributed by atoms with Crippen LogP contribution >= 0.6 is 34.8 Å². The Morgan fingerprint density at radius 1 is 1.00 bits per heavy atom. The van der Waals surface area contributed by atoms with Crippen molar-refractivity contribution in [2.24, 2.45) is 0 Å². The Kier molecular flexibility index (Phi) is 7.90. The average Bonchev–Trinajstić information content (AvgIpc) is 2.67. The summed E-state index contributed by atoms with van der Waals surface area (Å²) in [6, 6.07) is 11.1. The summed E-state index contributed by atoms with van der Waals surface area (Å²) in [5.41, 5.74) is 3.40. The molecule has 2 aromatic carbocycles. The van der Waals surface area contributed by atoms with E-state index in [-0.39, 0.29) is 0 Å². The van der Waals surface area contributed by atoms with Gasteiger partial charge < -0.3 is 10.1 Å². The number of halogens is 3. The molecule has 0 heterocycles. The van der Waals surface area contributed by atoms with E-state index >= 15 is 0 Å². The normalized spacial score (nSPS) is 14.1. The molecule has 3 rings (SSSR count). The molecule has 2 nitrogen and oxygen atoms in total. The molecule has 0 saturated carbocycles. The summed E-state index contributed by atoms with van der Waals surface area (Å²) >= 11 is 18.7.